The molecule has 0 spiro atoms. The Hall–Kier alpha value is -2.24. The van der Waals surface area contributed by atoms with E-state index in [1.54, 1.807) is 21.3 Å². The maximum atomic E-state index is 12.0. The van der Waals surface area contributed by atoms with Crippen molar-refractivity contribution < 1.29 is 71.3 Å². The Morgan fingerprint density at radius 2 is 0.725 bits per heavy atom. The summed E-state index contributed by atoms with van der Waals surface area (Å²) in [6.07, 6.45) is 6.12. The average Bonchev–Trinajstić information content (AvgIpc) is 3.11. The lowest BCUT2D eigenvalue weighted by atomic mass is 9.92. The molecule has 0 saturated carbocycles. The highest BCUT2D eigenvalue weighted by Gasteiger charge is 2.33. The number of unbranched alkanes of at least 4 members (excludes halogenated alkanes) is 1. The van der Waals surface area contributed by atoms with Gasteiger partial charge in [0.05, 0.1) is 64.9 Å². The van der Waals surface area contributed by atoms with Crippen molar-refractivity contribution in [1.82, 2.24) is 0 Å². The number of hydrogen-bond donors (Lipinski definition) is 0. The number of ether oxygens (including phenoxy) is 11. The minimum Gasteiger partial charge on any atom is -0.463 e. The predicted molar refractivity (Wildman–Crippen MR) is 187 cm³/mol. The Bertz CT molecular complexity index is 776. The van der Waals surface area contributed by atoms with Crippen molar-refractivity contribution >= 4 is 23.7 Å². The van der Waals surface area contributed by atoms with Crippen molar-refractivity contribution in [2.24, 2.45) is 5.41 Å². The molecule has 0 aromatic carbocycles. The topological polar surface area (TPSA) is 170 Å². The monoisotopic (exact) mass is 738 g/mol. The Balaban J connectivity index is 5.18. The van der Waals surface area contributed by atoms with Gasteiger partial charge in [-0.2, -0.15) is 0 Å². The minimum absolute atomic E-state index is 0.0668. The lowest BCUT2D eigenvalue weighted by molar-refractivity contribution is -0.150. The quantitative estimate of drug-likeness (QED) is 0.0510. The van der Waals surface area contributed by atoms with Crippen LogP contribution in [0.2, 0.25) is 0 Å². The van der Waals surface area contributed by atoms with Gasteiger partial charge in [-0.1, -0.05) is 13.3 Å². The number of carbonyl (C=O) groups excluding carboxylic acids is 4. The zero-order valence-corrected chi connectivity index (χ0v) is 31.7. The van der Waals surface area contributed by atoms with E-state index >= 15 is 0 Å². The second-order valence-electron chi connectivity index (χ2n) is 12.0. The van der Waals surface area contributed by atoms with Crippen LogP contribution in [0.4, 0.5) is 0 Å². The molecule has 0 amide bonds. The van der Waals surface area contributed by atoms with Crippen molar-refractivity contribution in [3.63, 3.8) is 0 Å². The zero-order chi connectivity index (χ0) is 37.7. The van der Waals surface area contributed by atoms with E-state index in [1.807, 2.05) is 0 Å². The summed E-state index contributed by atoms with van der Waals surface area (Å²) in [5.41, 5.74) is -0.820. The number of hydrogen-bond acceptors (Lipinski definition) is 15. The molecule has 0 atom stereocenters. The molecule has 15 nitrogen and oxygen atoms in total. The van der Waals surface area contributed by atoms with Crippen LogP contribution in [-0.4, -0.2) is 151 Å². The van der Waals surface area contributed by atoms with E-state index in [4.69, 9.17) is 52.1 Å². The Labute approximate surface area is 304 Å². The van der Waals surface area contributed by atoms with Gasteiger partial charge in [-0.25, -0.2) is 0 Å². The largest absolute Gasteiger partial charge is 0.463 e. The van der Waals surface area contributed by atoms with Gasteiger partial charge >= 0.3 is 17.9 Å². The molecule has 0 fully saturated rings. The summed E-state index contributed by atoms with van der Waals surface area (Å²) in [5.74, 6) is -0.758. The summed E-state index contributed by atoms with van der Waals surface area (Å²) >= 11 is 0. The molecule has 0 aliphatic carbocycles. The molecule has 0 N–H and O–H groups in total. The highest BCUT2D eigenvalue weighted by Crippen LogP contribution is 2.21. The highest BCUT2D eigenvalue weighted by molar-refractivity contribution is 5.78. The maximum Gasteiger partial charge on any atom is 0.305 e. The smallest absolute Gasteiger partial charge is 0.305 e. The fourth-order valence-electron chi connectivity index (χ4n) is 4.44. The van der Waals surface area contributed by atoms with Crippen LogP contribution in [0.25, 0.3) is 0 Å². The van der Waals surface area contributed by atoms with Crippen LogP contribution in [0.1, 0.15) is 77.6 Å². The van der Waals surface area contributed by atoms with Crippen LogP contribution in [0.5, 0.6) is 0 Å². The molecule has 0 heterocycles. The predicted octanol–water partition coefficient (Wildman–Crippen LogP) is 3.50. The van der Waals surface area contributed by atoms with Crippen LogP contribution < -0.4 is 0 Å². The van der Waals surface area contributed by atoms with Crippen LogP contribution in [0.3, 0.4) is 0 Å². The van der Waals surface area contributed by atoms with Gasteiger partial charge in [0.1, 0.15) is 25.6 Å². The molecule has 0 aromatic rings. The Morgan fingerprint density at radius 3 is 1.10 bits per heavy atom. The fraction of sp³-hybridized carbons (Fsp3) is 0.889. The summed E-state index contributed by atoms with van der Waals surface area (Å²) in [4.78, 5) is 47.8. The van der Waals surface area contributed by atoms with Gasteiger partial charge < -0.3 is 52.1 Å². The van der Waals surface area contributed by atoms with E-state index in [1.165, 1.54) is 0 Å². The molecule has 0 radical (unpaired) electrons. The minimum atomic E-state index is -0.820. The van der Waals surface area contributed by atoms with Crippen molar-refractivity contribution in [2.75, 3.05) is 127 Å². The number of esters is 3. The van der Waals surface area contributed by atoms with E-state index in [0.717, 1.165) is 12.8 Å². The molecule has 51 heavy (non-hydrogen) atoms. The highest BCUT2D eigenvalue weighted by atomic mass is 16.6. The normalized spacial score (nSPS) is 11.5. The summed E-state index contributed by atoms with van der Waals surface area (Å²) in [6.45, 7) is 5.69. The van der Waals surface area contributed by atoms with Crippen LogP contribution >= 0.6 is 0 Å². The molecule has 300 valence electrons. The Kier molecular flexibility index (Phi) is 34.5. The first-order valence-corrected chi connectivity index (χ1v) is 18.2. The lowest BCUT2D eigenvalue weighted by Crippen LogP contribution is -2.43. The van der Waals surface area contributed by atoms with Gasteiger partial charge in [-0.15, -0.1) is 0 Å². The maximum absolute atomic E-state index is 12.0. The van der Waals surface area contributed by atoms with Gasteiger partial charge in [0.25, 0.3) is 0 Å². The molecular weight excluding hydrogens is 672 g/mol. The van der Waals surface area contributed by atoms with Gasteiger partial charge in [0.2, 0.25) is 0 Å². The molecular formula is C36H66O15. The second-order valence-corrected chi connectivity index (χ2v) is 12.0. The summed E-state index contributed by atoms with van der Waals surface area (Å²) in [5, 5.41) is 0. The molecule has 0 unspecified atom stereocenters. The number of methoxy groups -OCH3 is 3. The standard InChI is InChI=1S/C36H66O15/c1-5-6-11-32(37)12-7-19-44-20-21-45-28-36(29-46-22-25-49-33(38)13-8-16-41-2,30-47-23-26-50-34(39)14-9-17-42-3)31-48-24-27-51-35(40)15-10-18-43-4/h5-31H2,1-4H3. The molecule has 15 heteroatoms. The molecule has 0 aliphatic heterocycles. The first kappa shape index (κ1) is 48.8. The summed E-state index contributed by atoms with van der Waals surface area (Å²) < 4.78 is 60.2. The van der Waals surface area contributed by atoms with Gasteiger partial charge in [-0.05, 0) is 32.1 Å². The van der Waals surface area contributed by atoms with Crippen LogP contribution in [0.15, 0.2) is 0 Å². The molecule has 0 bridgehead atoms. The SMILES string of the molecule is CCCCC(=O)CCCOCCOCC(COCCOC(=O)CCCOC)(COCCOC(=O)CCCOC)COCCOC(=O)CCCOC. The third-order valence-electron chi connectivity index (χ3n) is 7.22. The van der Waals surface area contributed by atoms with E-state index in [9.17, 15) is 19.2 Å². The van der Waals surface area contributed by atoms with E-state index in [-0.39, 0.29) is 116 Å². The van der Waals surface area contributed by atoms with Gasteiger partial charge in [0.15, 0.2) is 0 Å². The Morgan fingerprint density at radius 1 is 0.392 bits per heavy atom. The van der Waals surface area contributed by atoms with Crippen molar-refractivity contribution in [3.05, 3.63) is 0 Å². The fourth-order valence-corrected chi connectivity index (χ4v) is 4.44. The molecule has 0 saturated heterocycles. The van der Waals surface area contributed by atoms with Crippen LogP contribution in [0, 0.1) is 5.41 Å². The average molecular weight is 739 g/mol. The first-order valence-electron chi connectivity index (χ1n) is 18.2. The summed E-state index contributed by atoms with van der Waals surface area (Å²) in [7, 11) is 4.72. The third-order valence-corrected chi connectivity index (χ3v) is 7.22. The summed E-state index contributed by atoms with van der Waals surface area (Å²) in [6, 6.07) is 0. The van der Waals surface area contributed by atoms with E-state index in [2.05, 4.69) is 6.92 Å². The van der Waals surface area contributed by atoms with Gasteiger partial charge in [-0.3, -0.25) is 19.2 Å². The number of rotatable bonds is 39. The molecule has 0 aromatic heterocycles. The third kappa shape index (κ3) is 32.2. The zero-order valence-electron chi connectivity index (χ0n) is 31.7. The number of carbonyl (C=O) groups is 4. The second kappa shape index (κ2) is 36.1. The van der Waals surface area contributed by atoms with Crippen LogP contribution in [-0.2, 0) is 71.3 Å². The van der Waals surface area contributed by atoms with Crippen molar-refractivity contribution in [3.8, 4) is 0 Å². The molecule has 0 aliphatic rings. The molecule has 0 rings (SSSR count). The van der Waals surface area contributed by atoms with Crippen molar-refractivity contribution in [2.45, 2.75) is 77.6 Å². The van der Waals surface area contributed by atoms with E-state index < -0.39 is 5.41 Å². The van der Waals surface area contributed by atoms with Gasteiger partial charge in [0, 0.05) is 79.9 Å². The first-order chi connectivity index (χ1) is 24.8. The number of Topliss-reactive ketones (excluding diaryl/α,β-unsaturated/α-hetero) is 1. The number of ketones is 1. The van der Waals surface area contributed by atoms with Crippen molar-refractivity contribution in [1.29, 1.82) is 0 Å². The van der Waals surface area contributed by atoms with E-state index in [0.29, 0.717) is 71.6 Å². The lowest BCUT2D eigenvalue weighted by Gasteiger charge is -2.33.